The lowest BCUT2D eigenvalue weighted by atomic mass is 9.83. The summed E-state index contributed by atoms with van der Waals surface area (Å²) in [5.74, 6) is 3.12. The molecule has 0 fully saturated rings. The number of para-hydroxylation sites is 1. The highest BCUT2D eigenvalue weighted by Crippen LogP contribution is 2.42. The van der Waals surface area contributed by atoms with Gasteiger partial charge < -0.3 is 4.74 Å². The zero-order chi connectivity index (χ0) is 14.3. The smallest absolute Gasteiger partial charge is 0.131 e. The van der Waals surface area contributed by atoms with Gasteiger partial charge in [0.25, 0.3) is 0 Å². The average Bonchev–Trinajstić information content (AvgIpc) is 2.43. The van der Waals surface area contributed by atoms with Crippen molar-refractivity contribution in [2.45, 2.75) is 46.0 Å². The number of rotatable bonds is 2. The van der Waals surface area contributed by atoms with Crippen molar-refractivity contribution in [1.82, 2.24) is 0 Å². The zero-order valence-corrected chi connectivity index (χ0v) is 12.7. The summed E-state index contributed by atoms with van der Waals surface area (Å²) in [6.07, 6.45) is 0.986. The summed E-state index contributed by atoms with van der Waals surface area (Å²) in [6.45, 7) is 9.10. The van der Waals surface area contributed by atoms with Crippen LogP contribution in [0.2, 0.25) is 0 Å². The molecule has 0 aromatic heterocycles. The molecule has 1 heterocycles. The van der Waals surface area contributed by atoms with Gasteiger partial charge in [-0.2, -0.15) is 0 Å². The third kappa shape index (κ3) is 2.11. The molecule has 0 spiro atoms. The highest BCUT2D eigenvalue weighted by atomic mass is 16.5. The predicted octanol–water partition coefficient (Wildman–Crippen LogP) is 5.63. The minimum Gasteiger partial charge on any atom is -0.457 e. The molecular weight excluding hydrogens is 244 g/mol. The van der Waals surface area contributed by atoms with Crippen molar-refractivity contribution in [3.8, 4) is 11.5 Å². The Morgan fingerprint density at radius 2 is 1.60 bits per heavy atom. The molecular formula is C19H22O. The van der Waals surface area contributed by atoms with Crippen LogP contribution in [0.5, 0.6) is 11.5 Å². The maximum atomic E-state index is 6.10. The molecule has 1 aliphatic rings. The first-order valence-electron chi connectivity index (χ1n) is 7.49. The maximum absolute atomic E-state index is 6.10. The Balaban J connectivity index is 2.16. The fourth-order valence-corrected chi connectivity index (χ4v) is 3.18. The van der Waals surface area contributed by atoms with Crippen LogP contribution in [-0.2, 0) is 6.42 Å². The molecule has 0 radical (unpaired) electrons. The van der Waals surface area contributed by atoms with Gasteiger partial charge in [0.15, 0.2) is 0 Å². The molecule has 0 N–H and O–H groups in total. The molecule has 0 atom stereocenters. The van der Waals surface area contributed by atoms with Crippen molar-refractivity contribution in [2.75, 3.05) is 0 Å². The summed E-state index contributed by atoms with van der Waals surface area (Å²) in [5.41, 5.74) is 5.61. The van der Waals surface area contributed by atoms with Gasteiger partial charge in [-0.25, -0.2) is 0 Å². The second-order valence-electron chi connectivity index (χ2n) is 6.24. The van der Waals surface area contributed by atoms with E-state index in [-0.39, 0.29) is 0 Å². The van der Waals surface area contributed by atoms with Gasteiger partial charge in [0, 0.05) is 12.0 Å². The minimum atomic E-state index is 0.524. The molecule has 0 amide bonds. The van der Waals surface area contributed by atoms with Crippen molar-refractivity contribution in [1.29, 1.82) is 0 Å². The Morgan fingerprint density at radius 3 is 2.30 bits per heavy atom. The Morgan fingerprint density at radius 1 is 0.850 bits per heavy atom. The summed E-state index contributed by atoms with van der Waals surface area (Å²) in [4.78, 5) is 0. The van der Waals surface area contributed by atoms with E-state index in [0.29, 0.717) is 11.8 Å². The molecule has 1 nitrogen and oxygen atoms in total. The van der Waals surface area contributed by atoms with Crippen LogP contribution in [0.1, 0.15) is 61.8 Å². The first-order valence-corrected chi connectivity index (χ1v) is 7.49. The van der Waals surface area contributed by atoms with Gasteiger partial charge >= 0.3 is 0 Å². The molecule has 104 valence electrons. The van der Waals surface area contributed by atoms with Crippen LogP contribution in [0, 0.1) is 0 Å². The number of ether oxygens (including phenoxy) is 1. The number of hydrogen-bond donors (Lipinski definition) is 0. The molecule has 0 unspecified atom stereocenters. The largest absolute Gasteiger partial charge is 0.457 e. The van der Waals surface area contributed by atoms with Crippen LogP contribution in [-0.4, -0.2) is 0 Å². The molecule has 0 saturated heterocycles. The van der Waals surface area contributed by atoms with E-state index in [2.05, 4.69) is 58.0 Å². The second kappa shape index (κ2) is 4.97. The zero-order valence-electron chi connectivity index (χ0n) is 12.7. The number of fused-ring (bicyclic) bond motifs is 2. The van der Waals surface area contributed by atoms with Gasteiger partial charge in [-0.15, -0.1) is 0 Å². The van der Waals surface area contributed by atoms with Crippen LogP contribution in [0.4, 0.5) is 0 Å². The third-order valence-electron chi connectivity index (χ3n) is 4.11. The second-order valence-corrected chi connectivity index (χ2v) is 6.24. The average molecular weight is 266 g/mol. The molecule has 0 aliphatic carbocycles. The van der Waals surface area contributed by atoms with E-state index in [9.17, 15) is 0 Å². The van der Waals surface area contributed by atoms with E-state index >= 15 is 0 Å². The molecule has 0 bridgehead atoms. The fourth-order valence-electron chi connectivity index (χ4n) is 3.18. The summed E-state index contributed by atoms with van der Waals surface area (Å²) in [6, 6.07) is 12.7. The highest BCUT2D eigenvalue weighted by molar-refractivity contribution is 5.56. The van der Waals surface area contributed by atoms with Crippen molar-refractivity contribution < 1.29 is 4.74 Å². The molecule has 1 aliphatic heterocycles. The molecule has 3 rings (SSSR count). The van der Waals surface area contributed by atoms with Crippen LogP contribution >= 0.6 is 0 Å². The van der Waals surface area contributed by atoms with Crippen molar-refractivity contribution >= 4 is 0 Å². The number of benzene rings is 2. The van der Waals surface area contributed by atoms with Gasteiger partial charge in [0.2, 0.25) is 0 Å². The Bertz CT molecular complexity index is 638. The summed E-state index contributed by atoms with van der Waals surface area (Å²) >= 11 is 0. The molecule has 0 saturated carbocycles. The monoisotopic (exact) mass is 266 g/mol. The van der Waals surface area contributed by atoms with Crippen LogP contribution in [0.25, 0.3) is 0 Å². The van der Waals surface area contributed by atoms with E-state index in [1.54, 1.807) is 0 Å². The lowest BCUT2D eigenvalue weighted by Gasteiger charge is -2.27. The van der Waals surface area contributed by atoms with E-state index in [1.807, 2.05) is 6.07 Å². The Labute approximate surface area is 121 Å². The lowest BCUT2D eigenvalue weighted by molar-refractivity contribution is 0.457. The minimum absolute atomic E-state index is 0.524. The van der Waals surface area contributed by atoms with Gasteiger partial charge in [-0.3, -0.25) is 0 Å². The van der Waals surface area contributed by atoms with E-state index in [0.717, 1.165) is 17.9 Å². The van der Waals surface area contributed by atoms with E-state index in [1.165, 1.54) is 22.3 Å². The SMILES string of the molecule is CC(C)c1ccc2c(c1C(C)C)Cc1ccccc1O2. The van der Waals surface area contributed by atoms with E-state index < -0.39 is 0 Å². The van der Waals surface area contributed by atoms with Crippen molar-refractivity contribution in [3.05, 3.63) is 58.7 Å². The number of hydrogen-bond acceptors (Lipinski definition) is 1. The van der Waals surface area contributed by atoms with Crippen molar-refractivity contribution in [3.63, 3.8) is 0 Å². The first kappa shape index (κ1) is 13.2. The topological polar surface area (TPSA) is 9.23 Å². The quantitative estimate of drug-likeness (QED) is 0.584. The van der Waals surface area contributed by atoms with Gasteiger partial charge in [0.05, 0.1) is 0 Å². The third-order valence-corrected chi connectivity index (χ3v) is 4.11. The van der Waals surface area contributed by atoms with Crippen molar-refractivity contribution in [2.24, 2.45) is 0 Å². The van der Waals surface area contributed by atoms with Crippen LogP contribution in [0.3, 0.4) is 0 Å². The molecule has 20 heavy (non-hydrogen) atoms. The van der Waals surface area contributed by atoms with Gasteiger partial charge in [-0.05, 0) is 40.7 Å². The molecule has 2 aromatic carbocycles. The maximum Gasteiger partial charge on any atom is 0.131 e. The standard InChI is InChI=1S/C19H22O/c1-12(2)15-9-10-18-16(19(15)13(3)4)11-14-7-5-6-8-17(14)20-18/h5-10,12-13H,11H2,1-4H3. The van der Waals surface area contributed by atoms with Crippen LogP contribution in [0.15, 0.2) is 36.4 Å². The summed E-state index contributed by atoms with van der Waals surface area (Å²) in [5, 5.41) is 0. The summed E-state index contributed by atoms with van der Waals surface area (Å²) in [7, 11) is 0. The molecule has 2 aromatic rings. The Kier molecular flexibility index (Phi) is 3.29. The van der Waals surface area contributed by atoms with Gasteiger partial charge in [-0.1, -0.05) is 52.0 Å². The predicted molar refractivity (Wildman–Crippen MR) is 83.9 cm³/mol. The highest BCUT2D eigenvalue weighted by Gasteiger charge is 2.23. The van der Waals surface area contributed by atoms with Crippen LogP contribution < -0.4 is 4.74 Å². The normalized spacial score (nSPS) is 13.1. The van der Waals surface area contributed by atoms with E-state index in [4.69, 9.17) is 4.74 Å². The van der Waals surface area contributed by atoms with Gasteiger partial charge in [0.1, 0.15) is 11.5 Å². The lowest BCUT2D eigenvalue weighted by Crippen LogP contribution is -2.10. The summed E-state index contributed by atoms with van der Waals surface area (Å²) < 4.78 is 6.10. The Hall–Kier alpha value is -1.76. The first-order chi connectivity index (χ1) is 9.58. The fraction of sp³-hybridized carbons (Fsp3) is 0.368. The molecule has 1 heteroatoms.